The summed E-state index contributed by atoms with van der Waals surface area (Å²) >= 11 is 1.74. The highest BCUT2D eigenvalue weighted by Gasteiger charge is 1.94. The second-order valence-corrected chi connectivity index (χ2v) is 2.85. The van der Waals surface area contributed by atoms with Gasteiger partial charge in [0.25, 0.3) is 0 Å². The van der Waals surface area contributed by atoms with Crippen molar-refractivity contribution in [3.63, 3.8) is 0 Å². The molecule has 0 heterocycles. The molecule has 0 fully saturated rings. The molecule has 0 bridgehead atoms. The van der Waals surface area contributed by atoms with Gasteiger partial charge in [-0.1, -0.05) is 6.92 Å². The molecule has 1 amide bonds. The van der Waals surface area contributed by atoms with E-state index in [2.05, 4.69) is 12.2 Å². The highest BCUT2D eigenvalue weighted by molar-refractivity contribution is 7.99. The standard InChI is InChI=1S/C5H11NOS/c1-5(8-2)3-6-4-7/h4-5H,3H2,1-2H3,(H,6,7). The van der Waals surface area contributed by atoms with Gasteiger partial charge in [0, 0.05) is 11.8 Å². The molecule has 1 N–H and O–H groups in total. The van der Waals surface area contributed by atoms with E-state index in [1.807, 2.05) is 6.26 Å². The number of thioether (sulfide) groups is 1. The maximum atomic E-state index is 9.70. The third-order valence-electron chi connectivity index (χ3n) is 0.891. The first kappa shape index (κ1) is 7.82. The van der Waals surface area contributed by atoms with E-state index in [0.29, 0.717) is 5.25 Å². The fourth-order valence-electron chi connectivity index (χ4n) is 0.297. The van der Waals surface area contributed by atoms with Crippen LogP contribution in [-0.4, -0.2) is 24.5 Å². The zero-order valence-corrected chi connectivity index (χ0v) is 5.99. The number of hydrogen-bond acceptors (Lipinski definition) is 2. The molecule has 0 rings (SSSR count). The maximum absolute atomic E-state index is 9.70. The summed E-state index contributed by atoms with van der Waals surface area (Å²) in [5.41, 5.74) is 0. The molecule has 2 nitrogen and oxygen atoms in total. The van der Waals surface area contributed by atoms with Gasteiger partial charge in [-0.15, -0.1) is 0 Å². The highest BCUT2D eigenvalue weighted by atomic mass is 32.2. The van der Waals surface area contributed by atoms with Gasteiger partial charge in [0.2, 0.25) is 6.41 Å². The van der Waals surface area contributed by atoms with Crippen LogP contribution < -0.4 is 5.32 Å². The summed E-state index contributed by atoms with van der Waals surface area (Å²) in [6.45, 7) is 2.84. The Kier molecular flexibility index (Phi) is 4.85. The molecule has 0 aromatic heterocycles. The Hall–Kier alpha value is -0.180. The first-order valence-electron chi connectivity index (χ1n) is 2.51. The predicted molar refractivity (Wildman–Crippen MR) is 37.0 cm³/mol. The fourth-order valence-corrected chi connectivity index (χ4v) is 0.560. The minimum atomic E-state index is 0.528. The smallest absolute Gasteiger partial charge is 0.207 e. The van der Waals surface area contributed by atoms with Crippen molar-refractivity contribution >= 4 is 18.2 Å². The summed E-state index contributed by atoms with van der Waals surface area (Å²) in [5.74, 6) is 0. The van der Waals surface area contributed by atoms with E-state index >= 15 is 0 Å². The van der Waals surface area contributed by atoms with E-state index in [1.165, 1.54) is 0 Å². The first-order valence-corrected chi connectivity index (χ1v) is 3.80. The van der Waals surface area contributed by atoms with Crippen molar-refractivity contribution in [3.05, 3.63) is 0 Å². The minimum absolute atomic E-state index is 0.528. The SMILES string of the molecule is CSC(C)CNC=O. The van der Waals surface area contributed by atoms with Crippen LogP contribution in [0.1, 0.15) is 6.92 Å². The van der Waals surface area contributed by atoms with Crippen LogP contribution in [0.3, 0.4) is 0 Å². The van der Waals surface area contributed by atoms with Crippen LogP contribution in [0.5, 0.6) is 0 Å². The number of carbonyl (C=O) groups is 1. The molecule has 0 radical (unpaired) electrons. The van der Waals surface area contributed by atoms with Crippen molar-refractivity contribution in [3.8, 4) is 0 Å². The van der Waals surface area contributed by atoms with Gasteiger partial charge in [-0.25, -0.2) is 0 Å². The van der Waals surface area contributed by atoms with Gasteiger partial charge in [0.15, 0.2) is 0 Å². The number of carbonyl (C=O) groups excluding carboxylic acids is 1. The van der Waals surface area contributed by atoms with Crippen LogP contribution in [0.4, 0.5) is 0 Å². The second-order valence-electron chi connectivity index (χ2n) is 1.57. The summed E-state index contributed by atoms with van der Waals surface area (Å²) in [5, 5.41) is 3.13. The summed E-state index contributed by atoms with van der Waals surface area (Å²) in [6.07, 6.45) is 2.75. The Bertz CT molecular complexity index is 67.4. The third-order valence-corrected chi connectivity index (χ3v) is 1.86. The summed E-state index contributed by atoms with van der Waals surface area (Å²) in [4.78, 5) is 9.70. The van der Waals surface area contributed by atoms with Crippen LogP contribution in [0.25, 0.3) is 0 Å². The van der Waals surface area contributed by atoms with E-state index in [9.17, 15) is 4.79 Å². The zero-order valence-electron chi connectivity index (χ0n) is 5.18. The fraction of sp³-hybridized carbons (Fsp3) is 0.800. The van der Waals surface area contributed by atoms with Gasteiger partial charge in [-0.3, -0.25) is 4.79 Å². The van der Waals surface area contributed by atoms with Gasteiger partial charge in [0.05, 0.1) is 0 Å². The molecule has 0 aromatic rings. The average molecular weight is 133 g/mol. The molecular formula is C5H11NOS. The molecule has 3 heteroatoms. The third kappa shape index (κ3) is 3.99. The van der Waals surface area contributed by atoms with Crippen LogP contribution >= 0.6 is 11.8 Å². The number of amides is 1. The lowest BCUT2D eigenvalue weighted by molar-refractivity contribution is -0.109. The molecule has 48 valence electrons. The van der Waals surface area contributed by atoms with Crippen molar-refractivity contribution in [2.75, 3.05) is 12.8 Å². The maximum Gasteiger partial charge on any atom is 0.207 e. The van der Waals surface area contributed by atoms with E-state index in [4.69, 9.17) is 0 Å². The van der Waals surface area contributed by atoms with E-state index < -0.39 is 0 Å². The van der Waals surface area contributed by atoms with Gasteiger partial charge in [-0.05, 0) is 6.26 Å². The Morgan fingerprint density at radius 3 is 2.88 bits per heavy atom. The molecule has 0 aliphatic rings. The molecule has 0 aromatic carbocycles. The lowest BCUT2D eigenvalue weighted by atomic mass is 10.5. The monoisotopic (exact) mass is 133 g/mol. The minimum Gasteiger partial charge on any atom is -0.358 e. The molecule has 0 saturated carbocycles. The van der Waals surface area contributed by atoms with Crippen molar-refractivity contribution in [2.45, 2.75) is 12.2 Å². The Balaban J connectivity index is 2.97. The molecule has 0 aliphatic heterocycles. The van der Waals surface area contributed by atoms with Gasteiger partial charge in [-0.2, -0.15) is 11.8 Å². The van der Waals surface area contributed by atoms with Gasteiger partial charge >= 0.3 is 0 Å². The normalized spacial score (nSPS) is 12.8. The Morgan fingerprint density at radius 2 is 2.50 bits per heavy atom. The van der Waals surface area contributed by atoms with E-state index in [1.54, 1.807) is 11.8 Å². The van der Waals surface area contributed by atoms with Crippen molar-refractivity contribution < 1.29 is 4.79 Å². The molecule has 1 unspecified atom stereocenters. The second kappa shape index (κ2) is 4.97. The number of nitrogens with one attached hydrogen (secondary N) is 1. The zero-order chi connectivity index (χ0) is 6.41. The van der Waals surface area contributed by atoms with Crippen LogP contribution in [0.15, 0.2) is 0 Å². The van der Waals surface area contributed by atoms with Gasteiger partial charge in [0.1, 0.15) is 0 Å². The van der Waals surface area contributed by atoms with E-state index in [0.717, 1.165) is 13.0 Å². The Labute approximate surface area is 54.0 Å². The van der Waals surface area contributed by atoms with Crippen molar-refractivity contribution in [2.24, 2.45) is 0 Å². The lowest BCUT2D eigenvalue weighted by Gasteiger charge is -2.04. The van der Waals surface area contributed by atoms with Crippen molar-refractivity contribution in [1.29, 1.82) is 0 Å². The van der Waals surface area contributed by atoms with Crippen LogP contribution in [0.2, 0.25) is 0 Å². The summed E-state index contributed by atoms with van der Waals surface area (Å²) < 4.78 is 0. The van der Waals surface area contributed by atoms with Crippen molar-refractivity contribution in [1.82, 2.24) is 5.32 Å². The molecular weight excluding hydrogens is 122 g/mol. The number of rotatable bonds is 4. The molecule has 8 heavy (non-hydrogen) atoms. The topological polar surface area (TPSA) is 29.1 Å². The number of hydrogen-bond donors (Lipinski definition) is 1. The van der Waals surface area contributed by atoms with E-state index in [-0.39, 0.29) is 0 Å². The average Bonchev–Trinajstić information content (AvgIpc) is 1.83. The first-order chi connectivity index (χ1) is 3.81. The summed E-state index contributed by atoms with van der Waals surface area (Å²) in [6, 6.07) is 0. The predicted octanol–water partition coefficient (Wildman–Crippen LogP) is 0.484. The largest absolute Gasteiger partial charge is 0.358 e. The lowest BCUT2D eigenvalue weighted by Crippen LogP contribution is -2.20. The van der Waals surface area contributed by atoms with Gasteiger partial charge < -0.3 is 5.32 Å². The van der Waals surface area contributed by atoms with Crippen LogP contribution in [0, 0.1) is 0 Å². The molecule has 1 atom stereocenters. The highest BCUT2D eigenvalue weighted by Crippen LogP contribution is 2.01. The van der Waals surface area contributed by atoms with Crippen LogP contribution in [-0.2, 0) is 4.79 Å². The Morgan fingerprint density at radius 1 is 1.88 bits per heavy atom. The summed E-state index contributed by atoms with van der Waals surface area (Å²) in [7, 11) is 0. The molecule has 0 spiro atoms. The molecule has 0 aliphatic carbocycles. The quantitative estimate of drug-likeness (QED) is 0.565. The molecule has 0 saturated heterocycles.